The molecule has 1 aromatic heterocycles. The molecule has 2 aromatic rings. The average Bonchev–Trinajstić information content (AvgIpc) is 2.93. The van der Waals surface area contributed by atoms with Crippen molar-refractivity contribution >= 4 is 11.6 Å². The van der Waals surface area contributed by atoms with E-state index in [4.69, 9.17) is 5.73 Å². The van der Waals surface area contributed by atoms with Gasteiger partial charge < -0.3 is 10.6 Å². The number of nitrogens with two attached hydrogens (primary N) is 1. The van der Waals surface area contributed by atoms with E-state index in [0.717, 1.165) is 31.6 Å². The van der Waals surface area contributed by atoms with Crippen LogP contribution in [0.15, 0.2) is 41.2 Å². The minimum Gasteiger partial charge on any atom is -0.385 e. The fourth-order valence-electron chi connectivity index (χ4n) is 2.43. The first kappa shape index (κ1) is 11.8. The number of anilines is 2. The first-order valence-electron chi connectivity index (χ1n) is 6.45. The molecule has 0 aliphatic carbocycles. The van der Waals surface area contributed by atoms with Gasteiger partial charge in [0.05, 0.1) is 5.69 Å². The lowest BCUT2D eigenvalue weighted by Gasteiger charge is -2.18. The molecule has 1 fully saturated rings. The van der Waals surface area contributed by atoms with E-state index >= 15 is 0 Å². The smallest absolute Gasteiger partial charge is 0.355 e. The molecule has 19 heavy (non-hydrogen) atoms. The van der Waals surface area contributed by atoms with Crippen molar-refractivity contribution in [3.05, 3.63) is 46.9 Å². The van der Waals surface area contributed by atoms with Crippen LogP contribution in [0.4, 0.5) is 11.6 Å². The van der Waals surface area contributed by atoms with E-state index in [1.807, 2.05) is 30.3 Å². The maximum atomic E-state index is 12.2. The lowest BCUT2D eigenvalue weighted by molar-refractivity contribution is 0.872. The molecule has 1 aliphatic rings. The number of hydrogen-bond donors (Lipinski definition) is 1. The summed E-state index contributed by atoms with van der Waals surface area (Å²) in [7, 11) is 0. The first-order chi connectivity index (χ1) is 9.25. The summed E-state index contributed by atoms with van der Waals surface area (Å²) >= 11 is 0. The minimum atomic E-state index is -0.326. The lowest BCUT2D eigenvalue weighted by atomic mass is 10.3. The predicted molar refractivity (Wildman–Crippen MR) is 75.7 cm³/mol. The van der Waals surface area contributed by atoms with Crippen molar-refractivity contribution in [3.63, 3.8) is 0 Å². The summed E-state index contributed by atoms with van der Waals surface area (Å²) in [4.78, 5) is 18.4. The molecule has 0 spiro atoms. The highest BCUT2D eigenvalue weighted by Crippen LogP contribution is 2.19. The molecule has 0 bridgehead atoms. The molecule has 2 N–H and O–H groups in total. The summed E-state index contributed by atoms with van der Waals surface area (Å²) in [5.74, 6) is 1.11. The van der Waals surface area contributed by atoms with Crippen LogP contribution in [-0.2, 0) is 0 Å². The van der Waals surface area contributed by atoms with Gasteiger partial charge in [0.15, 0.2) is 0 Å². The summed E-state index contributed by atoms with van der Waals surface area (Å²) in [6.45, 7) is 1.89. The van der Waals surface area contributed by atoms with Crippen molar-refractivity contribution in [1.29, 1.82) is 0 Å². The Morgan fingerprint density at radius 3 is 2.42 bits per heavy atom. The van der Waals surface area contributed by atoms with E-state index in [1.165, 1.54) is 4.57 Å². The van der Waals surface area contributed by atoms with Crippen molar-refractivity contribution in [2.45, 2.75) is 12.8 Å². The number of benzene rings is 1. The monoisotopic (exact) mass is 256 g/mol. The van der Waals surface area contributed by atoms with Crippen LogP contribution in [0, 0.1) is 0 Å². The standard InChI is InChI=1S/C14H16N4O/c15-12-10-13(17-8-4-5-9-17)16-14(19)18(12)11-6-2-1-3-7-11/h1-3,6-7,10H,4-5,8-9,15H2. The van der Waals surface area contributed by atoms with Gasteiger partial charge in [-0.3, -0.25) is 0 Å². The van der Waals surface area contributed by atoms with E-state index < -0.39 is 0 Å². The number of para-hydroxylation sites is 1. The Labute approximate surface area is 111 Å². The lowest BCUT2D eigenvalue weighted by Crippen LogP contribution is -2.28. The fourth-order valence-corrected chi connectivity index (χ4v) is 2.43. The third-order valence-corrected chi connectivity index (χ3v) is 3.38. The molecule has 0 atom stereocenters. The van der Waals surface area contributed by atoms with Gasteiger partial charge in [0.1, 0.15) is 11.6 Å². The van der Waals surface area contributed by atoms with E-state index in [1.54, 1.807) is 6.07 Å². The predicted octanol–water partition coefficient (Wildman–Crippen LogP) is 1.41. The topological polar surface area (TPSA) is 64.2 Å². The van der Waals surface area contributed by atoms with Gasteiger partial charge in [0.2, 0.25) is 0 Å². The second-order valence-corrected chi connectivity index (χ2v) is 4.69. The molecule has 2 heterocycles. The van der Waals surface area contributed by atoms with E-state index in [2.05, 4.69) is 9.88 Å². The summed E-state index contributed by atoms with van der Waals surface area (Å²) in [6.07, 6.45) is 2.28. The highest BCUT2D eigenvalue weighted by molar-refractivity contribution is 5.51. The summed E-state index contributed by atoms with van der Waals surface area (Å²) in [5.41, 5.74) is 6.43. The Balaban J connectivity index is 2.06. The van der Waals surface area contributed by atoms with Crippen LogP contribution in [-0.4, -0.2) is 22.6 Å². The maximum absolute atomic E-state index is 12.2. The van der Waals surface area contributed by atoms with Gasteiger partial charge in [-0.1, -0.05) is 18.2 Å². The largest absolute Gasteiger partial charge is 0.385 e. The van der Waals surface area contributed by atoms with Crippen LogP contribution in [0.5, 0.6) is 0 Å². The molecule has 3 rings (SSSR count). The number of aromatic nitrogens is 2. The number of nitrogen functional groups attached to an aromatic ring is 1. The summed E-state index contributed by atoms with van der Waals surface area (Å²) < 4.78 is 1.43. The fraction of sp³-hybridized carbons (Fsp3) is 0.286. The highest BCUT2D eigenvalue weighted by atomic mass is 16.1. The molecule has 5 heteroatoms. The van der Waals surface area contributed by atoms with Crippen molar-refractivity contribution < 1.29 is 0 Å². The van der Waals surface area contributed by atoms with Crippen LogP contribution in [0.25, 0.3) is 5.69 Å². The van der Waals surface area contributed by atoms with Crippen molar-refractivity contribution in [3.8, 4) is 5.69 Å². The Hall–Kier alpha value is -2.30. The molecule has 0 unspecified atom stereocenters. The van der Waals surface area contributed by atoms with Gasteiger partial charge >= 0.3 is 5.69 Å². The Bertz CT molecular complexity index is 630. The van der Waals surface area contributed by atoms with E-state index in [9.17, 15) is 4.79 Å². The quantitative estimate of drug-likeness (QED) is 0.882. The normalized spacial score (nSPS) is 14.8. The third kappa shape index (κ3) is 2.19. The summed E-state index contributed by atoms with van der Waals surface area (Å²) in [6, 6.07) is 11.1. The maximum Gasteiger partial charge on any atom is 0.355 e. The average molecular weight is 256 g/mol. The van der Waals surface area contributed by atoms with Gasteiger partial charge in [-0.15, -0.1) is 0 Å². The van der Waals surface area contributed by atoms with Crippen molar-refractivity contribution in [1.82, 2.24) is 9.55 Å². The molecule has 1 aromatic carbocycles. The van der Waals surface area contributed by atoms with Crippen LogP contribution < -0.4 is 16.3 Å². The van der Waals surface area contributed by atoms with Gasteiger partial charge in [-0.2, -0.15) is 4.98 Å². The van der Waals surface area contributed by atoms with Crippen molar-refractivity contribution in [2.24, 2.45) is 0 Å². The van der Waals surface area contributed by atoms with Crippen LogP contribution in [0.2, 0.25) is 0 Å². The number of hydrogen-bond acceptors (Lipinski definition) is 4. The zero-order valence-electron chi connectivity index (χ0n) is 10.6. The molecule has 0 amide bonds. The Kier molecular flexibility index (Phi) is 2.95. The van der Waals surface area contributed by atoms with Gasteiger partial charge in [0.25, 0.3) is 0 Å². The third-order valence-electron chi connectivity index (χ3n) is 3.38. The Morgan fingerprint density at radius 2 is 1.79 bits per heavy atom. The molecule has 0 radical (unpaired) electrons. The second-order valence-electron chi connectivity index (χ2n) is 4.69. The number of nitrogens with zero attached hydrogens (tertiary/aromatic N) is 3. The van der Waals surface area contributed by atoms with Crippen LogP contribution in [0.3, 0.4) is 0 Å². The summed E-state index contributed by atoms with van der Waals surface area (Å²) in [5, 5.41) is 0. The zero-order chi connectivity index (χ0) is 13.2. The molecule has 98 valence electrons. The zero-order valence-corrected chi connectivity index (χ0v) is 10.6. The molecular formula is C14H16N4O. The van der Waals surface area contributed by atoms with Gasteiger partial charge in [0, 0.05) is 19.2 Å². The molecule has 5 nitrogen and oxygen atoms in total. The van der Waals surface area contributed by atoms with Crippen LogP contribution in [0.1, 0.15) is 12.8 Å². The van der Waals surface area contributed by atoms with E-state index in [0.29, 0.717) is 11.6 Å². The van der Waals surface area contributed by atoms with Gasteiger partial charge in [-0.25, -0.2) is 9.36 Å². The van der Waals surface area contributed by atoms with Crippen molar-refractivity contribution in [2.75, 3.05) is 23.7 Å². The number of rotatable bonds is 2. The SMILES string of the molecule is Nc1cc(N2CCCC2)nc(=O)n1-c1ccccc1. The molecule has 1 saturated heterocycles. The minimum absolute atomic E-state index is 0.326. The van der Waals surface area contributed by atoms with E-state index in [-0.39, 0.29) is 5.69 Å². The molecular weight excluding hydrogens is 240 g/mol. The molecule has 1 aliphatic heterocycles. The second kappa shape index (κ2) is 4.76. The van der Waals surface area contributed by atoms with Crippen LogP contribution >= 0.6 is 0 Å². The van der Waals surface area contributed by atoms with Gasteiger partial charge in [-0.05, 0) is 25.0 Å². The first-order valence-corrected chi connectivity index (χ1v) is 6.45. The molecule has 0 saturated carbocycles. The highest BCUT2D eigenvalue weighted by Gasteiger charge is 2.16. The Morgan fingerprint density at radius 1 is 1.11 bits per heavy atom.